The Morgan fingerprint density at radius 1 is 1.16 bits per heavy atom. The van der Waals surface area contributed by atoms with Crippen molar-refractivity contribution < 1.29 is 22.3 Å². The van der Waals surface area contributed by atoms with E-state index in [1.165, 1.54) is 26.0 Å². The van der Waals surface area contributed by atoms with Gasteiger partial charge in [0.25, 0.3) is 0 Å². The largest absolute Gasteiger partial charge is 0.573 e. The van der Waals surface area contributed by atoms with Crippen molar-refractivity contribution in [1.82, 2.24) is 0 Å². The predicted molar refractivity (Wildman–Crippen MR) is 60.2 cm³/mol. The number of rotatable bonds is 4. The molecule has 0 amide bonds. The Labute approximate surface area is 106 Å². The lowest BCUT2D eigenvalue weighted by Gasteiger charge is -2.23. The lowest BCUT2D eigenvalue weighted by Crippen LogP contribution is -2.22. The minimum Gasteiger partial charge on any atom is -0.406 e. The zero-order chi connectivity index (χ0) is 14.7. The summed E-state index contributed by atoms with van der Waals surface area (Å²) in [7, 11) is 0. The first-order chi connectivity index (χ1) is 8.63. The standard InChI is InChI=1S/C11H11F4N3O/c1-10(2,12)9(17-18-16)7-3-5-8(6-4-7)19-11(13,14)15/h3-6,9H,1-2H3. The maximum Gasteiger partial charge on any atom is 0.573 e. The Hall–Kier alpha value is -1.95. The topological polar surface area (TPSA) is 58.0 Å². The Morgan fingerprint density at radius 3 is 2.05 bits per heavy atom. The van der Waals surface area contributed by atoms with Crippen LogP contribution in [0.4, 0.5) is 17.6 Å². The number of hydrogen-bond donors (Lipinski definition) is 0. The first kappa shape index (κ1) is 15.1. The van der Waals surface area contributed by atoms with Gasteiger partial charge in [0, 0.05) is 4.91 Å². The van der Waals surface area contributed by atoms with Crippen LogP contribution in [0.25, 0.3) is 10.4 Å². The van der Waals surface area contributed by atoms with Gasteiger partial charge in [0.1, 0.15) is 11.4 Å². The van der Waals surface area contributed by atoms with Crippen LogP contribution in [0.2, 0.25) is 0 Å². The third kappa shape index (κ3) is 4.67. The summed E-state index contributed by atoms with van der Waals surface area (Å²) in [5, 5.41) is 3.31. The molecule has 8 heteroatoms. The molecule has 0 fully saturated rings. The van der Waals surface area contributed by atoms with Gasteiger partial charge in [0.05, 0.1) is 6.04 Å². The molecule has 104 valence electrons. The second kappa shape index (κ2) is 5.36. The highest BCUT2D eigenvalue weighted by atomic mass is 19.4. The highest BCUT2D eigenvalue weighted by molar-refractivity contribution is 5.30. The molecule has 0 N–H and O–H groups in total. The highest BCUT2D eigenvalue weighted by Gasteiger charge is 2.32. The fraction of sp³-hybridized carbons (Fsp3) is 0.455. The van der Waals surface area contributed by atoms with E-state index < -0.39 is 23.8 Å². The molecule has 0 saturated heterocycles. The summed E-state index contributed by atoms with van der Waals surface area (Å²) in [6, 6.07) is 3.39. The summed E-state index contributed by atoms with van der Waals surface area (Å²) >= 11 is 0. The number of ether oxygens (including phenoxy) is 1. The molecule has 1 unspecified atom stereocenters. The number of azide groups is 1. The average molecular weight is 277 g/mol. The first-order valence-corrected chi connectivity index (χ1v) is 5.22. The van der Waals surface area contributed by atoms with Crippen LogP contribution in [0.5, 0.6) is 5.75 Å². The van der Waals surface area contributed by atoms with Crippen molar-refractivity contribution in [2.45, 2.75) is 31.9 Å². The van der Waals surface area contributed by atoms with Gasteiger partial charge < -0.3 is 4.74 Å². The van der Waals surface area contributed by atoms with Gasteiger partial charge in [-0.3, -0.25) is 0 Å². The Morgan fingerprint density at radius 2 is 1.68 bits per heavy atom. The van der Waals surface area contributed by atoms with Gasteiger partial charge in [-0.15, -0.1) is 13.2 Å². The van der Waals surface area contributed by atoms with Crippen LogP contribution in [0, 0.1) is 0 Å². The van der Waals surface area contributed by atoms with E-state index in [2.05, 4.69) is 14.8 Å². The molecule has 0 bridgehead atoms. The Kier molecular flexibility index (Phi) is 4.26. The van der Waals surface area contributed by atoms with Crippen molar-refractivity contribution in [1.29, 1.82) is 0 Å². The number of alkyl halides is 4. The number of hydrogen-bond acceptors (Lipinski definition) is 2. The molecule has 0 aliphatic heterocycles. The van der Waals surface area contributed by atoms with E-state index in [1.54, 1.807) is 0 Å². The van der Waals surface area contributed by atoms with Gasteiger partial charge in [-0.05, 0) is 37.1 Å². The van der Waals surface area contributed by atoms with E-state index in [4.69, 9.17) is 5.53 Å². The lowest BCUT2D eigenvalue weighted by atomic mass is 9.94. The van der Waals surface area contributed by atoms with Gasteiger partial charge in [-0.2, -0.15) is 0 Å². The quantitative estimate of drug-likeness (QED) is 0.341. The number of benzene rings is 1. The van der Waals surface area contributed by atoms with Crippen LogP contribution >= 0.6 is 0 Å². The molecule has 0 heterocycles. The van der Waals surface area contributed by atoms with Crippen LogP contribution in [0.1, 0.15) is 25.5 Å². The molecule has 0 radical (unpaired) electrons. The van der Waals surface area contributed by atoms with Gasteiger partial charge in [0.15, 0.2) is 0 Å². The molecule has 4 nitrogen and oxygen atoms in total. The molecule has 0 spiro atoms. The molecule has 0 saturated carbocycles. The van der Waals surface area contributed by atoms with Crippen molar-refractivity contribution in [3.8, 4) is 5.75 Å². The van der Waals surface area contributed by atoms with Crippen molar-refractivity contribution in [2.24, 2.45) is 5.11 Å². The van der Waals surface area contributed by atoms with E-state index in [0.29, 0.717) is 0 Å². The van der Waals surface area contributed by atoms with Crippen LogP contribution in [-0.4, -0.2) is 12.0 Å². The Bertz CT molecular complexity index is 472. The summed E-state index contributed by atoms with van der Waals surface area (Å²) in [4.78, 5) is 2.53. The van der Waals surface area contributed by atoms with Crippen molar-refractivity contribution in [3.63, 3.8) is 0 Å². The molecule has 0 aliphatic rings. The van der Waals surface area contributed by atoms with Crippen LogP contribution in [0.3, 0.4) is 0 Å². The van der Waals surface area contributed by atoms with Crippen molar-refractivity contribution in [2.75, 3.05) is 0 Å². The fourth-order valence-electron chi connectivity index (χ4n) is 1.50. The maximum absolute atomic E-state index is 13.8. The fourth-order valence-corrected chi connectivity index (χ4v) is 1.50. The summed E-state index contributed by atoms with van der Waals surface area (Å²) in [5.74, 6) is -0.424. The molecular formula is C11H11F4N3O. The van der Waals surface area contributed by atoms with Gasteiger partial charge >= 0.3 is 6.36 Å². The molecule has 1 atom stereocenters. The maximum atomic E-state index is 13.8. The molecule has 19 heavy (non-hydrogen) atoms. The molecule has 1 rings (SSSR count). The van der Waals surface area contributed by atoms with E-state index >= 15 is 0 Å². The second-order valence-corrected chi connectivity index (χ2v) is 4.29. The molecular weight excluding hydrogens is 266 g/mol. The van der Waals surface area contributed by atoms with Gasteiger partial charge in [0.2, 0.25) is 0 Å². The third-order valence-corrected chi connectivity index (χ3v) is 2.25. The van der Waals surface area contributed by atoms with Gasteiger partial charge in [-0.1, -0.05) is 17.2 Å². The summed E-state index contributed by atoms with van der Waals surface area (Å²) in [6.07, 6.45) is -4.79. The van der Waals surface area contributed by atoms with Crippen molar-refractivity contribution >= 4 is 0 Å². The highest BCUT2D eigenvalue weighted by Crippen LogP contribution is 2.34. The zero-order valence-corrected chi connectivity index (χ0v) is 10.1. The zero-order valence-electron chi connectivity index (χ0n) is 10.1. The normalized spacial score (nSPS) is 13.6. The number of nitrogens with zero attached hydrogens (tertiary/aromatic N) is 3. The minimum atomic E-state index is -4.79. The van der Waals surface area contributed by atoms with E-state index in [1.807, 2.05) is 0 Å². The van der Waals surface area contributed by atoms with Gasteiger partial charge in [-0.25, -0.2) is 4.39 Å². The average Bonchev–Trinajstić information content (AvgIpc) is 2.23. The number of halogens is 4. The summed E-state index contributed by atoms with van der Waals surface area (Å²) in [6.45, 7) is 2.43. The third-order valence-electron chi connectivity index (χ3n) is 2.25. The SMILES string of the molecule is CC(C)(F)C(N=[N+]=[N-])c1ccc(OC(F)(F)F)cc1. The molecule has 0 aliphatic carbocycles. The first-order valence-electron chi connectivity index (χ1n) is 5.22. The molecule has 0 aromatic heterocycles. The second-order valence-electron chi connectivity index (χ2n) is 4.29. The molecule has 1 aromatic carbocycles. The van der Waals surface area contributed by atoms with Crippen LogP contribution in [-0.2, 0) is 0 Å². The Balaban J connectivity index is 2.99. The van der Waals surface area contributed by atoms with E-state index in [9.17, 15) is 17.6 Å². The van der Waals surface area contributed by atoms with Crippen LogP contribution < -0.4 is 4.74 Å². The smallest absolute Gasteiger partial charge is 0.406 e. The molecule has 1 aromatic rings. The van der Waals surface area contributed by atoms with Crippen molar-refractivity contribution in [3.05, 3.63) is 40.3 Å². The monoisotopic (exact) mass is 277 g/mol. The minimum absolute atomic E-state index is 0.264. The van der Waals surface area contributed by atoms with E-state index in [-0.39, 0.29) is 5.56 Å². The van der Waals surface area contributed by atoms with E-state index in [0.717, 1.165) is 12.1 Å². The lowest BCUT2D eigenvalue weighted by molar-refractivity contribution is -0.274. The summed E-state index contributed by atoms with van der Waals surface area (Å²) < 4.78 is 53.4. The predicted octanol–water partition coefficient (Wildman–Crippen LogP) is 4.68. The van der Waals surface area contributed by atoms with Crippen LogP contribution in [0.15, 0.2) is 29.4 Å². The summed E-state index contributed by atoms with van der Waals surface area (Å²) in [5.41, 5.74) is 6.82.